The van der Waals surface area contributed by atoms with Gasteiger partial charge in [-0.05, 0) is 17.7 Å². The molecule has 98 valence electrons. The van der Waals surface area contributed by atoms with Gasteiger partial charge in [0, 0.05) is 19.8 Å². The number of hydrazone groups is 1. The molecule has 1 aromatic carbocycles. The molecule has 2 N–H and O–H groups in total. The van der Waals surface area contributed by atoms with Crippen LogP contribution in [0.3, 0.4) is 0 Å². The van der Waals surface area contributed by atoms with Gasteiger partial charge in [0.25, 0.3) is 0 Å². The Morgan fingerprint density at radius 2 is 2.11 bits per heavy atom. The number of aliphatic hydroxyl groups excluding tert-OH is 1. The molecule has 18 heavy (non-hydrogen) atoms. The Labute approximate surface area is 106 Å². The third-order valence-electron chi connectivity index (χ3n) is 2.10. The van der Waals surface area contributed by atoms with Gasteiger partial charge in [0.1, 0.15) is 6.61 Å². The summed E-state index contributed by atoms with van der Waals surface area (Å²) in [6, 6.07) is 7.68. The fraction of sp³-hybridized carbons (Fsp3) is 0.333. The van der Waals surface area contributed by atoms with Crippen molar-refractivity contribution in [3.63, 3.8) is 0 Å². The number of ether oxygens (including phenoxy) is 1. The second-order valence-electron chi connectivity index (χ2n) is 3.72. The topological polar surface area (TPSA) is 74.2 Å². The first-order valence-electron chi connectivity index (χ1n) is 5.47. The lowest BCUT2D eigenvalue weighted by Gasteiger charge is -2.11. The number of nitrogens with one attached hydrogen (secondary N) is 1. The minimum atomic E-state index is -0.690. The minimum absolute atomic E-state index is 0.0428. The van der Waals surface area contributed by atoms with Crippen molar-refractivity contribution in [1.29, 1.82) is 0 Å². The zero-order valence-corrected chi connectivity index (χ0v) is 10.5. The summed E-state index contributed by atoms with van der Waals surface area (Å²) >= 11 is 0. The van der Waals surface area contributed by atoms with E-state index in [9.17, 15) is 4.79 Å². The van der Waals surface area contributed by atoms with Gasteiger partial charge in [-0.3, -0.25) is 0 Å². The molecule has 0 saturated heterocycles. The minimum Gasteiger partial charge on any atom is -0.446 e. The number of hydrogen-bond acceptors (Lipinski definition) is 5. The van der Waals surface area contributed by atoms with Crippen LogP contribution < -0.4 is 10.3 Å². The van der Waals surface area contributed by atoms with Crippen LogP contribution in [0.15, 0.2) is 29.4 Å². The molecule has 1 amide bonds. The standard InChI is InChI=1S/C12H17N3O3/c1-15(2)11-5-3-10(4-6-11)9-13-14-12(17)18-8-7-16/h3-6,9,16H,7-8H2,1-2H3,(H,14,17). The third kappa shape index (κ3) is 4.84. The van der Waals surface area contributed by atoms with Crippen LogP contribution in [-0.2, 0) is 4.74 Å². The van der Waals surface area contributed by atoms with Crippen molar-refractivity contribution in [2.75, 3.05) is 32.2 Å². The van der Waals surface area contributed by atoms with Crippen LogP contribution in [0.25, 0.3) is 0 Å². The van der Waals surface area contributed by atoms with E-state index in [1.54, 1.807) is 0 Å². The monoisotopic (exact) mass is 251 g/mol. The van der Waals surface area contributed by atoms with E-state index in [1.807, 2.05) is 43.3 Å². The number of amides is 1. The highest BCUT2D eigenvalue weighted by Crippen LogP contribution is 2.10. The van der Waals surface area contributed by atoms with Crippen LogP contribution in [-0.4, -0.2) is 44.7 Å². The van der Waals surface area contributed by atoms with Gasteiger partial charge >= 0.3 is 6.09 Å². The summed E-state index contributed by atoms with van der Waals surface area (Å²) < 4.78 is 4.56. The largest absolute Gasteiger partial charge is 0.446 e. The first kappa shape index (κ1) is 14.0. The number of anilines is 1. The van der Waals surface area contributed by atoms with Crippen LogP contribution in [0.1, 0.15) is 5.56 Å². The lowest BCUT2D eigenvalue weighted by Crippen LogP contribution is -2.20. The lowest BCUT2D eigenvalue weighted by atomic mass is 10.2. The highest BCUT2D eigenvalue weighted by atomic mass is 16.6. The highest BCUT2D eigenvalue weighted by molar-refractivity contribution is 5.81. The molecule has 0 spiro atoms. The Morgan fingerprint density at radius 1 is 1.44 bits per heavy atom. The van der Waals surface area contributed by atoms with E-state index >= 15 is 0 Å². The quantitative estimate of drug-likeness (QED) is 0.600. The molecule has 0 bridgehead atoms. The van der Waals surface area contributed by atoms with Crippen molar-refractivity contribution >= 4 is 18.0 Å². The van der Waals surface area contributed by atoms with Crippen molar-refractivity contribution in [1.82, 2.24) is 5.43 Å². The van der Waals surface area contributed by atoms with Crippen LogP contribution in [0.4, 0.5) is 10.5 Å². The van der Waals surface area contributed by atoms with Crippen molar-refractivity contribution in [2.24, 2.45) is 5.10 Å². The molecule has 6 heteroatoms. The summed E-state index contributed by atoms with van der Waals surface area (Å²) in [4.78, 5) is 13.0. The molecule has 0 atom stereocenters. The number of carbonyl (C=O) groups is 1. The van der Waals surface area contributed by atoms with Crippen molar-refractivity contribution < 1.29 is 14.6 Å². The third-order valence-corrected chi connectivity index (χ3v) is 2.10. The number of carbonyl (C=O) groups excluding carboxylic acids is 1. The summed E-state index contributed by atoms with van der Waals surface area (Å²) in [5.41, 5.74) is 4.14. The Hall–Kier alpha value is -2.08. The van der Waals surface area contributed by atoms with Gasteiger partial charge in [0.15, 0.2) is 0 Å². The lowest BCUT2D eigenvalue weighted by molar-refractivity contribution is 0.119. The van der Waals surface area contributed by atoms with Gasteiger partial charge in [-0.15, -0.1) is 0 Å². The maximum Gasteiger partial charge on any atom is 0.427 e. The second kappa shape index (κ2) is 7.29. The Balaban J connectivity index is 2.44. The average molecular weight is 251 g/mol. The van der Waals surface area contributed by atoms with Crippen molar-refractivity contribution in [2.45, 2.75) is 0 Å². The summed E-state index contributed by atoms with van der Waals surface area (Å²) in [5, 5.41) is 12.2. The predicted octanol–water partition coefficient (Wildman–Crippen LogP) is 0.805. The number of rotatable bonds is 5. The molecule has 0 aliphatic heterocycles. The fourth-order valence-corrected chi connectivity index (χ4v) is 1.19. The average Bonchev–Trinajstić information content (AvgIpc) is 2.37. The van der Waals surface area contributed by atoms with Crippen LogP contribution in [0, 0.1) is 0 Å². The SMILES string of the molecule is CN(C)c1ccc(C=NNC(=O)OCCO)cc1. The predicted molar refractivity (Wildman–Crippen MR) is 69.9 cm³/mol. The fourth-order valence-electron chi connectivity index (χ4n) is 1.19. The van der Waals surface area contributed by atoms with E-state index < -0.39 is 6.09 Å². The Morgan fingerprint density at radius 3 is 2.67 bits per heavy atom. The van der Waals surface area contributed by atoms with Gasteiger partial charge in [-0.2, -0.15) is 5.10 Å². The zero-order chi connectivity index (χ0) is 13.4. The summed E-state index contributed by atoms with van der Waals surface area (Å²) in [7, 11) is 3.92. The summed E-state index contributed by atoms with van der Waals surface area (Å²) in [6.07, 6.45) is 0.824. The number of aliphatic hydroxyl groups is 1. The molecule has 0 aliphatic carbocycles. The molecular weight excluding hydrogens is 234 g/mol. The highest BCUT2D eigenvalue weighted by Gasteiger charge is 1.97. The van der Waals surface area contributed by atoms with E-state index in [0.29, 0.717) is 0 Å². The van der Waals surface area contributed by atoms with Crippen molar-refractivity contribution in [3.05, 3.63) is 29.8 Å². The molecule has 0 radical (unpaired) electrons. The van der Waals surface area contributed by atoms with Gasteiger partial charge < -0.3 is 14.7 Å². The van der Waals surface area contributed by atoms with Gasteiger partial charge in [-0.25, -0.2) is 10.2 Å². The van der Waals surface area contributed by atoms with Crippen molar-refractivity contribution in [3.8, 4) is 0 Å². The second-order valence-corrected chi connectivity index (χ2v) is 3.72. The van der Waals surface area contributed by atoms with Crippen LogP contribution in [0.2, 0.25) is 0 Å². The molecule has 0 aromatic heterocycles. The van der Waals surface area contributed by atoms with E-state index in [-0.39, 0.29) is 13.2 Å². The molecule has 0 fully saturated rings. The van der Waals surface area contributed by atoms with E-state index in [0.717, 1.165) is 11.3 Å². The number of hydrogen-bond donors (Lipinski definition) is 2. The van der Waals surface area contributed by atoms with Gasteiger partial charge in [-0.1, -0.05) is 12.1 Å². The zero-order valence-electron chi connectivity index (χ0n) is 10.5. The molecule has 0 saturated carbocycles. The maximum atomic E-state index is 11.0. The smallest absolute Gasteiger partial charge is 0.427 e. The molecule has 1 aromatic rings. The maximum absolute atomic E-state index is 11.0. The number of nitrogens with zero attached hydrogens (tertiary/aromatic N) is 2. The van der Waals surface area contributed by atoms with Gasteiger partial charge in [0.2, 0.25) is 0 Å². The van der Waals surface area contributed by atoms with E-state index in [4.69, 9.17) is 5.11 Å². The summed E-state index contributed by atoms with van der Waals surface area (Å²) in [6.45, 7) is -0.248. The first-order chi connectivity index (χ1) is 8.63. The first-order valence-corrected chi connectivity index (χ1v) is 5.47. The normalized spacial score (nSPS) is 10.4. The molecule has 0 heterocycles. The number of benzene rings is 1. The Kier molecular flexibility index (Phi) is 5.66. The van der Waals surface area contributed by atoms with Crippen LogP contribution >= 0.6 is 0 Å². The molecule has 0 unspecified atom stereocenters. The van der Waals surface area contributed by atoms with E-state index in [1.165, 1.54) is 6.21 Å². The molecule has 0 aliphatic rings. The molecule has 1 rings (SSSR count). The van der Waals surface area contributed by atoms with Crippen LogP contribution in [0.5, 0.6) is 0 Å². The van der Waals surface area contributed by atoms with Gasteiger partial charge in [0.05, 0.1) is 12.8 Å². The molecule has 6 nitrogen and oxygen atoms in total. The Bertz CT molecular complexity index is 402. The van der Waals surface area contributed by atoms with E-state index in [2.05, 4.69) is 15.3 Å². The summed E-state index contributed by atoms with van der Waals surface area (Å²) in [5.74, 6) is 0. The molecular formula is C12H17N3O3.